The fourth-order valence-electron chi connectivity index (χ4n) is 6.40. The van der Waals surface area contributed by atoms with E-state index < -0.39 is 0 Å². The first kappa shape index (κ1) is 26.1. The molecule has 2 aromatic heterocycles. The lowest BCUT2D eigenvalue weighted by molar-refractivity contribution is 0.0710. The second-order valence-corrected chi connectivity index (χ2v) is 11.2. The van der Waals surface area contributed by atoms with Crippen molar-refractivity contribution in [3.8, 4) is 11.3 Å². The van der Waals surface area contributed by atoms with E-state index >= 15 is 0 Å². The third-order valence-corrected chi connectivity index (χ3v) is 8.67. The lowest BCUT2D eigenvalue weighted by Gasteiger charge is -2.33. The highest BCUT2D eigenvalue weighted by Gasteiger charge is 2.30. The van der Waals surface area contributed by atoms with Crippen LogP contribution in [0.4, 0.5) is 4.39 Å². The molecule has 1 aliphatic heterocycles. The van der Waals surface area contributed by atoms with E-state index in [-0.39, 0.29) is 23.7 Å². The average molecular weight is 558 g/mol. The molecule has 0 saturated carbocycles. The van der Waals surface area contributed by atoms with E-state index in [1.54, 1.807) is 22.9 Å². The Morgan fingerprint density at radius 1 is 0.881 bits per heavy atom. The molecule has 6 aromatic rings. The first-order valence-electron chi connectivity index (χ1n) is 14.5. The molecule has 1 saturated heterocycles. The summed E-state index contributed by atoms with van der Waals surface area (Å²) < 4.78 is 18.6. The minimum Gasteiger partial charge on any atom is -0.339 e. The number of aryl methyl sites for hydroxylation is 1. The molecule has 1 fully saturated rings. The Bertz CT molecular complexity index is 1920. The number of carbonyl (C=O) groups is 1. The molecule has 0 spiro atoms. The van der Waals surface area contributed by atoms with Crippen molar-refractivity contribution in [3.63, 3.8) is 0 Å². The molecular formula is C35H32FN5O. The molecule has 4 aromatic carbocycles. The Labute approximate surface area is 244 Å². The van der Waals surface area contributed by atoms with Gasteiger partial charge in [0.05, 0.1) is 22.6 Å². The molecule has 0 radical (unpaired) electrons. The number of rotatable bonds is 5. The molecule has 42 heavy (non-hydrogen) atoms. The van der Waals surface area contributed by atoms with Crippen molar-refractivity contribution < 1.29 is 9.18 Å². The predicted octanol–water partition coefficient (Wildman–Crippen LogP) is 7.36. The summed E-state index contributed by atoms with van der Waals surface area (Å²) in [6.07, 6.45) is 1.70. The Morgan fingerprint density at radius 2 is 1.60 bits per heavy atom. The Balaban J connectivity index is 1.13. The van der Waals surface area contributed by atoms with E-state index in [2.05, 4.69) is 59.1 Å². The fraction of sp³-hybridized carbons (Fsp3) is 0.229. The first-order chi connectivity index (χ1) is 20.5. The molecular weight excluding hydrogens is 525 g/mol. The number of para-hydroxylation sites is 2. The first-order valence-corrected chi connectivity index (χ1v) is 14.5. The second kappa shape index (κ2) is 10.6. The van der Waals surface area contributed by atoms with E-state index in [0.29, 0.717) is 29.9 Å². The maximum atomic E-state index is 14.5. The number of nitrogens with zero attached hydrogens (tertiary/aromatic N) is 5. The fourth-order valence-corrected chi connectivity index (χ4v) is 6.40. The predicted molar refractivity (Wildman–Crippen MR) is 164 cm³/mol. The molecule has 0 N–H and O–H groups in total. The van der Waals surface area contributed by atoms with Crippen LogP contribution in [-0.4, -0.2) is 43.2 Å². The minimum absolute atomic E-state index is 0.00940. The number of hydrogen-bond donors (Lipinski definition) is 0. The van der Waals surface area contributed by atoms with E-state index in [4.69, 9.17) is 4.98 Å². The topological polar surface area (TPSA) is 56.0 Å². The van der Waals surface area contributed by atoms with Gasteiger partial charge >= 0.3 is 0 Å². The summed E-state index contributed by atoms with van der Waals surface area (Å²) in [6.45, 7) is 3.56. The van der Waals surface area contributed by atoms with Crippen LogP contribution in [0.2, 0.25) is 0 Å². The molecule has 6 nitrogen and oxygen atoms in total. The number of benzene rings is 4. The number of amides is 1. The molecule has 210 valence electrons. The van der Waals surface area contributed by atoms with Crippen LogP contribution in [0.1, 0.15) is 53.5 Å². The third kappa shape index (κ3) is 4.45. The van der Waals surface area contributed by atoms with Crippen LogP contribution in [0.5, 0.6) is 0 Å². The molecule has 0 bridgehead atoms. The number of hydrogen-bond acceptors (Lipinski definition) is 3. The molecule has 1 aliphatic rings. The maximum absolute atomic E-state index is 14.5. The minimum atomic E-state index is -0.313. The van der Waals surface area contributed by atoms with Crippen LogP contribution >= 0.6 is 0 Å². The summed E-state index contributed by atoms with van der Waals surface area (Å²) in [4.78, 5) is 20.7. The van der Waals surface area contributed by atoms with Crippen molar-refractivity contribution in [3.05, 3.63) is 120 Å². The molecule has 3 heterocycles. The number of likely N-dealkylation sites (tertiary alicyclic amines) is 1. The number of fused-ring (bicyclic) bond motifs is 2. The van der Waals surface area contributed by atoms with Crippen LogP contribution < -0.4 is 0 Å². The van der Waals surface area contributed by atoms with Crippen molar-refractivity contribution >= 4 is 27.8 Å². The average Bonchev–Trinajstić information content (AvgIpc) is 3.58. The Morgan fingerprint density at radius 3 is 2.38 bits per heavy atom. The van der Waals surface area contributed by atoms with Gasteiger partial charge in [-0.3, -0.25) is 9.48 Å². The van der Waals surface area contributed by atoms with Crippen molar-refractivity contribution in [2.45, 2.75) is 31.7 Å². The molecule has 0 aliphatic carbocycles. The number of aromatic nitrogens is 4. The van der Waals surface area contributed by atoms with Crippen LogP contribution in [0.3, 0.4) is 0 Å². The van der Waals surface area contributed by atoms with Crippen LogP contribution in [0.25, 0.3) is 33.2 Å². The van der Waals surface area contributed by atoms with Crippen molar-refractivity contribution in [1.82, 2.24) is 24.2 Å². The number of piperidine rings is 1. The van der Waals surface area contributed by atoms with Gasteiger partial charge in [0.2, 0.25) is 0 Å². The van der Waals surface area contributed by atoms with E-state index in [1.807, 2.05) is 42.3 Å². The van der Waals surface area contributed by atoms with Crippen molar-refractivity contribution in [2.24, 2.45) is 7.05 Å². The van der Waals surface area contributed by atoms with Gasteiger partial charge in [-0.05, 0) is 67.8 Å². The zero-order valence-corrected chi connectivity index (χ0v) is 23.7. The Hall–Kier alpha value is -4.78. The standard InChI is InChI=1S/C35H32FN5O/c1-23(24-10-4-3-5-11-24)41-31-15-9-8-14-30(31)37-34(41)25-18-20-40(21-19-25)35(42)26-16-17-28-32(22-26)39(2)38-33(28)27-12-6-7-13-29(27)36/h3-17,22-23,25H,18-21H2,1-2H3. The molecule has 7 rings (SSSR count). The van der Waals surface area contributed by atoms with Crippen molar-refractivity contribution in [2.75, 3.05) is 13.1 Å². The van der Waals surface area contributed by atoms with Gasteiger partial charge in [-0.1, -0.05) is 54.6 Å². The van der Waals surface area contributed by atoms with E-state index in [1.165, 1.54) is 11.6 Å². The lowest BCUT2D eigenvalue weighted by atomic mass is 9.94. The van der Waals surface area contributed by atoms with Gasteiger partial charge in [0.1, 0.15) is 17.3 Å². The van der Waals surface area contributed by atoms with Gasteiger partial charge in [-0.2, -0.15) is 5.10 Å². The molecule has 1 amide bonds. The van der Waals surface area contributed by atoms with Gasteiger partial charge in [-0.15, -0.1) is 0 Å². The number of carbonyl (C=O) groups excluding carboxylic acids is 1. The monoisotopic (exact) mass is 557 g/mol. The largest absolute Gasteiger partial charge is 0.339 e. The SMILES string of the molecule is CC(c1ccccc1)n1c(C2CCN(C(=O)c3ccc4c(-c5ccccc5F)nn(C)c4c3)CC2)nc2ccccc21. The van der Waals surface area contributed by atoms with Gasteiger partial charge < -0.3 is 9.47 Å². The number of halogens is 1. The molecule has 1 atom stereocenters. The van der Waals surface area contributed by atoms with E-state index in [9.17, 15) is 9.18 Å². The highest BCUT2D eigenvalue weighted by Crippen LogP contribution is 2.35. The summed E-state index contributed by atoms with van der Waals surface area (Å²) in [6, 6.07) is 31.3. The smallest absolute Gasteiger partial charge is 0.253 e. The highest BCUT2D eigenvalue weighted by atomic mass is 19.1. The summed E-state index contributed by atoms with van der Waals surface area (Å²) >= 11 is 0. The molecule has 1 unspecified atom stereocenters. The third-order valence-electron chi connectivity index (χ3n) is 8.67. The van der Waals surface area contributed by atoms with Gasteiger partial charge in [0.25, 0.3) is 5.91 Å². The van der Waals surface area contributed by atoms with Crippen LogP contribution in [-0.2, 0) is 7.05 Å². The zero-order valence-electron chi connectivity index (χ0n) is 23.7. The van der Waals surface area contributed by atoms with Gasteiger partial charge in [0.15, 0.2) is 0 Å². The van der Waals surface area contributed by atoms with Crippen LogP contribution in [0, 0.1) is 5.82 Å². The summed E-state index contributed by atoms with van der Waals surface area (Å²) in [5, 5.41) is 5.41. The van der Waals surface area contributed by atoms with Crippen LogP contribution in [0.15, 0.2) is 97.1 Å². The van der Waals surface area contributed by atoms with Gasteiger partial charge in [0, 0.05) is 42.6 Å². The normalized spacial score (nSPS) is 15.0. The molecule has 7 heteroatoms. The highest BCUT2D eigenvalue weighted by molar-refractivity contribution is 6.01. The Kier molecular flexibility index (Phi) is 6.57. The van der Waals surface area contributed by atoms with Gasteiger partial charge in [-0.25, -0.2) is 9.37 Å². The maximum Gasteiger partial charge on any atom is 0.253 e. The number of imidazole rings is 1. The summed E-state index contributed by atoms with van der Waals surface area (Å²) in [5.74, 6) is 1.05. The summed E-state index contributed by atoms with van der Waals surface area (Å²) in [5.41, 5.74) is 5.86. The van der Waals surface area contributed by atoms with E-state index in [0.717, 1.165) is 40.6 Å². The zero-order chi connectivity index (χ0) is 28.8. The quantitative estimate of drug-likeness (QED) is 0.223. The second-order valence-electron chi connectivity index (χ2n) is 11.2. The summed E-state index contributed by atoms with van der Waals surface area (Å²) in [7, 11) is 1.83. The van der Waals surface area contributed by atoms with Crippen molar-refractivity contribution in [1.29, 1.82) is 0 Å². The lowest BCUT2D eigenvalue weighted by Crippen LogP contribution is -2.38.